The topological polar surface area (TPSA) is 75.4 Å². The van der Waals surface area contributed by atoms with E-state index < -0.39 is 10.2 Å². The lowest BCUT2D eigenvalue weighted by molar-refractivity contribution is 0.260. The van der Waals surface area contributed by atoms with Crippen molar-refractivity contribution in [2.75, 3.05) is 26.2 Å². The third-order valence-corrected chi connectivity index (χ3v) is 6.30. The summed E-state index contributed by atoms with van der Waals surface area (Å²) in [6.45, 7) is 4.64. The Kier molecular flexibility index (Phi) is 5.84. The first-order valence-electron chi connectivity index (χ1n) is 7.96. The van der Waals surface area contributed by atoms with Gasteiger partial charge in [0.2, 0.25) is 0 Å². The molecule has 1 aliphatic heterocycles. The van der Waals surface area contributed by atoms with Gasteiger partial charge in [-0.1, -0.05) is 19.8 Å². The highest BCUT2D eigenvalue weighted by atomic mass is 32.2. The van der Waals surface area contributed by atoms with Crippen LogP contribution in [-0.4, -0.2) is 38.9 Å². The predicted octanol–water partition coefficient (Wildman–Crippen LogP) is 1.32. The zero-order valence-electron chi connectivity index (χ0n) is 12.6. The van der Waals surface area contributed by atoms with Crippen LogP contribution in [0.5, 0.6) is 0 Å². The first kappa shape index (κ1) is 16.2. The molecule has 0 amide bonds. The normalized spacial score (nSPS) is 33.2. The van der Waals surface area contributed by atoms with E-state index in [1.165, 1.54) is 12.8 Å². The monoisotopic (exact) mass is 303 g/mol. The van der Waals surface area contributed by atoms with Gasteiger partial charge in [-0.3, -0.25) is 0 Å². The molecule has 1 heterocycles. The number of hydrogen-bond acceptors (Lipinski definition) is 3. The zero-order valence-corrected chi connectivity index (χ0v) is 13.4. The highest BCUT2D eigenvalue weighted by molar-refractivity contribution is 7.87. The molecule has 0 spiro atoms. The van der Waals surface area contributed by atoms with Crippen LogP contribution in [0.2, 0.25) is 0 Å². The van der Waals surface area contributed by atoms with Crippen molar-refractivity contribution in [2.24, 2.45) is 23.5 Å². The van der Waals surface area contributed by atoms with Crippen molar-refractivity contribution in [3.05, 3.63) is 0 Å². The molecule has 0 aromatic rings. The second-order valence-corrected chi connectivity index (χ2v) is 8.35. The molecule has 3 unspecified atom stereocenters. The summed E-state index contributed by atoms with van der Waals surface area (Å²) >= 11 is 0. The fourth-order valence-corrected chi connectivity index (χ4v) is 4.90. The molecule has 1 saturated heterocycles. The Balaban J connectivity index is 1.84. The Labute approximate surface area is 123 Å². The quantitative estimate of drug-likeness (QED) is 0.804. The molecule has 3 atom stereocenters. The standard InChI is InChI=1S/C14H29N3O2S/c1-12-4-2-5-13(8-12)10-16-20(18,19)17-7-3-6-14(9-15)11-17/h12-14,16H,2-11,15H2,1H3. The molecule has 5 nitrogen and oxygen atoms in total. The molecule has 20 heavy (non-hydrogen) atoms. The van der Waals surface area contributed by atoms with Crippen molar-refractivity contribution >= 4 is 10.2 Å². The van der Waals surface area contributed by atoms with Gasteiger partial charge in [0, 0.05) is 19.6 Å². The molecule has 0 aromatic carbocycles. The average Bonchev–Trinajstić information content (AvgIpc) is 2.45. The van der Waals surface area contributed by atoms with Gasteiger partial charge in [-0.2, -0.15) is 12.7 Å². The molecule has 2 fully saturated rings. The number of rotatable bonds is 5. The van der Waals surface area contributed by atoms with Crippen LogP contribution >= 0.6 is 0 Å². The third kappa shape index (κ3) is 4.41. The molecule has 118 valence electrons. The molecule has 1 aliphatic carbocycles. The van der Waals surface area contributed by atoms with E-state index in [2.05, 4.69) is 11.6 Å². The molecular weight excluding hydrogens is 274 g/mol. The Morgan fingerprint density at radius 3 is 2.65 bits per heavy atom. The number of nitrogens with zero attached hydrogens (tertiary/aromatic N) is 1. The number of hydrogen-bond donors (Lipinski definition) is 2. The maximum Gasteiger partial charge on any atom is 0.279 e. The number of piperidine rings is 1. The van der Waals surface area contributed by atoms with E-state index in [-0.39, 0.29) is 0 Å². The van der Waals surface area contributed by atoms with Crippen molar-refractivity contribution in [1.82, 2.24) is 9.03 Å². The summed E-state index contributed by atoms with van der Waals surface area (Å²) < 4.78 is 29.1. The molecule has 2 aliphatic rings. The van der Waals surface area contributed by atoms with Crippen LogP contribution in [0.4, 0.5) is 0 Å². The lowest BCUT2D eigenvalue weighted by atomic mass is 9.83. The van der Waals surface area contributed by atoms with Crippen LogP contribution in [0.15, 0.2) is 0 Å². The lowest BCUT2D eigenvalue weighted by Gasteiger charge is -2.32. The minimum atomic E-state index is -3.32. The Morgan fingerprint density at radius 2 is 1.95 bits per heavy atom. The molecule has 6 heteroatoms. The Morgan fingerprint density at radius 1 is 1.20 bits per heavy atom. The zero-order chi connectivity index (χ0) is 14.6. The summed E-state index contributed by atoms with van der Waals surface area (Å²) in [6, 6.07) is 0. The fourth-order valence-electron chi connectivity index (χ4n) is 3.50. The van der Waals surface area contributed by atoms with Gasteiger partial charge in [-0.25, -0.2) is 4.72 Å². The third-order valence-electron chi connectivity index (χ3n) is 4.75. The van der Waals surface area contributed by atoms with Gasteiger partial charge in [0.1, 0.15) is 0 Å². The van der Waals surface area contributed by atoms with Crippen LogP contribution in [0.25, 0.3) is 0 Å². The predicted molar refractivity (Wildman–Crippen MR) is 81.4 cm³/mol. The van der Waals surface area contributed by atoms with E-state index in [0.717, 1.165) is 31.6 Å². The van der Waals surface area contributed by atoms with E-state index >= 15 is 0 Å². The first-order valence-corrected chi connectivity index (χ1v) is 9.40. The SMILES string of the molecule is CC1CCCC(CNS(=O)(=O)N2CCCC(CN)C2)C1. The van der Waals surface area contributed by atoms with E-state index in [1.807, 2.05) is 0 Å². The number of nitrogens with one attached hydrogen (secondary N) is 1. The summed E-state index contributed by atoms with van der Waals surface area (Å²) in [4.78, 5) is 0. The van der Waals surface area contributed by atoms with Crippen LogP contribution < -0.4 is 10.5 Å². The average molecular weight is 303 g/mol. The first-order chi connectivity index (χ1) is 9.51. The summed E-state index contributed by atoms with van der Waals surface area (Å²) in [5, 5.41) is 0. The Bertz CT molecular complexity index is 399. The van der Waals surface area contributed by atoms with Gasteiger partial charge in [0.05, 0.1) is 0 Å². The second kappa shape index (κ2) is 7.20. The second-order valence-electron chi connectivity index (χ2n) is 6.59. The highest BCUT2D eigenvalue weighted by Gasteiger charge is 2.29. The van der Waals surface area contributed by atoms with E-state index in [9.17, 15) is 8.42 Å². The van der Waals surface area contributed by atoms with E-state index in [0.29, 0.717) is 38.0 Å². The molecule has 0 aromatic heterocycles. The summed E-state index contributed by atoms with van der Waals surface area (Å²) in [6.07, 6.45) is 6.78. The maximum atomic E-state index is 12.3. The Hall–Kier alpha value is -0.170. The summed E-state index contributed by atoms with van der Waals surface area (Å²) in [7, 11) is -3.32. The summed E-state index contributed by atoms with van der Waals surface area (Å²) in [5.41, 5.74) is 5.67. The van der Waals surface area contributed by atoms with Gasteiger partial charge >= 0.3 is 0 Å². The van der Waals surface area contributed by atoms with Gasteiger partial charge in [0.25, 0.3) is 10.2 Å². The molecule has 0 bridgehead atoms. The maximum absolute atomic E-state index is 12.3. The van der Waals surface area contributed by atoms with Gasteiger partial charge < -0.3 is 5.73 Å². The molecule has 2 rings (SSSR count). The van der Waals surface area contributed by atoms with Crippen LogP contribution in [0.1, 0.15) is 45.4 Å². The van der Waals surface area contributed by atoms with Gasteiger partial charge in [-0.15, -0.1) is 0 Å². The van der Waals surface area contributed by atoms with Gasteiger partial charge in [-0.05, 0) is 50.0 Å². The highest BCUT2D eigenvalue weighted by Crippen LogP contribution is 2.28. The van der Waals surface area contributed by atoms with Crippen molar-refractivity contribution in [2.45, 2.75) is 45.4 Å². The van der Waals surface area contributed by atoms with Crippen molar-refractivity contribution < 1.29 is 8.42 Å². The molecule has 1 saturated carbocycles. The summed E-state index contributed by atoms with van der Waals surface area (Å²) in [5.74, 6) is 1.55. The largest absolute Gasteiger partial charge is 0.330 e. The lowest BCUT2D eigenvalue weighted by Crippen LogP contribution is -2.48. The van der Waals surface area contributed by atoms with E-state index in [4.69, 9.17) is 5.73 Å². The minimum Gasteiger partial charge on any atom is -0.330 e. The van der Waals surface area contributed by atoms with Gasteiger partial charge in [0.15, 0.2) is 0 Å². The smallest absolute Gasteiger partial charge is 0.279 e. The van der Waals surface area contributed by atoms with Crippen molar-refractivity contribution in [3.63, 3.8) is 0 Å². The van der Waals surface area contributed by atoms with Crippen molar-refractivity contribution in [1.29, 1.82) is 0 Å². The van der Waals surface area contributed by atoms with Crippen LogP contribution in [0.3, 0.4) is 0 Å². The fraction of sp³-hybridized carbons (Fsp3) is 1.00. The molecule has 3 N–H and O–H groups in total. The number of nitrogens with two attached hydrogens (primary N) is 1. The van der Waals surface area contributed by atoms with Crippen molar-refractivity contribution in [3.8, 4) is 0 Å². The van der Waals surface area contributed by atoms with Crippen LogP contribution in [-0.2, 0) is 10.2 Å². The van der Waals surface area contributed by atoms with Crippen LogP contribution in [0, 0.1) is 17.8 Å². The molecule has 0 radical (unpaired) electrons. The minimum absolute atomic E-state index is 0.315. The molecular formula is C14H29N3O2S. The van der Waals surface area contributed by atoms with E-state index in [1.54, 1.807) is 4.31 Å².